The molecule has 24 heavy (non-hydrogen) atoms. The number of benzene rings is 2. The summed E-state index contributed by atoms with van der Waals surface area (Å²) in [5, 5.41) is 3.60. The van der Waals surface area contributed by atoms with Crippen molar-refractivity contribution in [1.82, 2.24) is 15.3 Å². The van der Waals surface area contributed by atoms with Crippen LogP contribution in [-0.4, -0.2) is 15.9 Å². The molecule has 0 aliphatic rings. The number of aromatic nitrogens is 2. The Morgan fingerprint density at radius 2 is 1.79 bits per heavy atom. The Bertz CT molecular complexity index is 770. The third-order valence-electron chi connectivity index (χ3n) is 3.87. The van der Waals surface area contributed by atoms with Crippen LogP contribution in [0.3, 0.4) is 0 Å². The Labute approximate surface area is 145 Å². The molecule has 0 radical (unpaired) electrons. The Kier molecular flexibility index (Phi) is 5.29. The maximum Gasteiger partial charge on any atom is 0.221 e. The molecule has 1 heterocycles. The molecule has 4 nitrogen and oxygen atoms in total. The number of halogens is 1. The predicted octanol–water partition coefficient (Wildman–Crippen LogP) is 3.90. The van der Waals surface area contributed by atoms with Crippen molar-refractivity contribution in [2.45, 2.75) is 18.9 Å². The van der Waals surface area contributed by atoms with Crippen LogP contribution in [0, 0.1) is 0 Å². The fraction of sp³-hybridized carbons (Fsp3) is 0.158. The fourth-order valence-electron chi connectivity index (χ4n) is 2.64. The first-order valence-corrected chi connectivity index (χ1v) is 8.15. The smallest absolute Gasteiger partial charge is 0.221 e. The Morgan fingerprint density at radius 3 is 2.46 bits per heavy atom. The second-order valence-electron chi connectivity index (χ2n) is 5.53. The number of hydrogen-bond acceptors (Lipinski definition) is 2. The SMILES string of the molecule is O=C(C[C@H](c1ccccc1)c1ccc(Cl)cc1)NCc1ncc[nH]1. The molecule has 0 aliphatic carbocycles. The monoisotopic (exact) mass is 339 g/mol. The van der Waals surface area contributed by atoms with Gasteiger partial charge in [-0.25, -0.2) is 4.98 Å². The molecule has 0 saturated carbocycles. The maximum absolute atomic E-state index is 12.4. The zero-order valence-corrected chi connectivity index (χ0v) is 13.8. The number of rotatable bonds is 6. The molecule has 0 spiro atoms. The van der Waals surface area contributed by atoms with Gasteiger partial charge in [0.25, 0.3) is 0 Å². The number of imidazole rings is 1. The topological polar surface area (TPSA) is 57.8 Å². The average Bonchev–Trinajstić information content (AvgIpc) is 3.13. The van der Waals surface area contributed by atoms with Gasteiger partial charge in [-0.3, -0.25) is 4.79 Å². The highest BCUT2D eigenvalue weighted by Crippen LogP contribution is 2.28. The van der Waals surface area contributed by atoms with E-state index < -0.39 is 0 Å². The number of H-pyrrole nitrogens is 1. The van der Waals surface area contributed by atoms with Crippen molar-refractivity contribution >= 4 is 17.5 Å². The first-order valence-electron chi connectivity index (χ1n) is 7.78. The number of nitrogens with one attached hydrogen (secondary N) is 2. The lowest BCUT2D eigenvalue weighted by molar-refractivity contribution is -0.121. The first kappa shape index (κ1) is 16.3. The molecule has 0 unspecified atom stereocenters. The minimum absolute atomic E-state index is 0.0138. The van der Waals surface area contributed by atoms with Crippen LogP contribution in [0.1, 0.15) is 29.3 Å². The van der Waals surface area contributed by atoms with Crippen LogP contribution < -0.4 is 5.32 Å². The number of amides is 1. The number of nitrogens with zero attached hydrogens (tertiary/aromatic N) is 1. The van der Waals surface area contributed by atoms with Crippen molar-refractivity contribution in [2.75, 3.05) is 0 Å². The van der Waals surface area contributed by atoms with E-state index in [1.165, 1.54) is 0 Å². The molecule has 5 heteroatoms. The van der Waals surface area contributed by atoms with E-state index in [9.17, 15) is 4.79 Å². The molecular formula is C19H18ClN3O. The van der Waals surface area contributed by atoms with Crippen molar-refractivity contribution < 1.29 is 4.79 Å². The number of hydrogen-bond donors (Lipinski definition) is 2. The summed E-state index contributed by atoms with van der Waals surface area (Å²) >= 11 is 5.99. The summed E-state index contributed by atoms with van der Waals surface area (Å²) in [5.74, 6) is 0.710. The lowest BCUT2D eigenvalue weighted by Gasteiger charge is -2.18. The van der Waals surface area contributed by atoms with Gasteiger partial charge in [0.15, 0.2) is 0 Å². The van der Waals surface area contributed by atoms with E-state index in [1.807, 2.05) is 54.6 Å². The van der Waals surface area contributed by atoms with Crippen LogP contribution in [0.15, 0.2) is 67.0 Å². The van der Waals surface area contributed by atoms with Crippen molar-refractivity contribution in [3.8, 4) is 0 Å². The van der Waals surface area contributed by atoms with Crippen LogP contribution in [0.4, 0.5) is 0 Å². The summed E-state index contributed by atoms with van der Waals surface area (Å²) in [7, 11) is 0. The first-order chi connectivity index (χ1) is 11.7. The van der Waals surface area contributed by atoms with E-state index in [1.54, 1.807) is 12.4 Å². The second-order valence-corrected chi connectivity index (χ2v) is 5.97. The van der Waals surface area contributed by atoms with Gasteiger partial charge in [0.2, 0.25) is 5.91 Å². The van der Waals surface area contributed by atoms with Gasteiger partial charge < -0.3 is 10.3 Å². The molecular weight excluding hydrogens is 322 g/mol. The summed E-state index contributed by atoms with van der Waals surface area (Å²) < 4.78 is 0. The summed E-state index contributed by atoms with van der Waals surface area (Å²) in [6.45, 7) is 0.397. The molecule has 1 aromatic heterocycles. The largest absolute Gasteiger partial charge is 0.349 e. The summed E-state index contributed by atoms with van der Waals surface area (Å²) in [4.78, 5) is 19.5. The lowest BCUT2D eigenvalue weighted by Crippen LogP contribution is -2.25. The highest BCUT2D eigenvalue weighted by molar-refractivity contribution is 6.30. The average molecular weight is 340 g/mol. The zero-order chi connectivity index (χ0) is 16.8. The zero-order valence-electron chi connectivity index (χ0n) is 13.1. The van der Waals surface area contributed by atoms with Gasteiger partial charge in [-0.1, -0.05) is 54.1 Å². The molecule has 3 aromatic rings. The normalized spacial score (nSPS) is 11.9. The van der Waals surface area contributed by atoms with E-state index in [-0.39, 0.29) is 11.8 Å². The molecule has 3 rings (SSSR count). The summed E-state index contributed by atoms with van der Waals surface area (Å²) in [6, 6.07) is 17.7. The van der Waals surface area contributed by atoms with E-state index in [0.29, 0.717) is 18.0 Å². The van der Waals surface area contributed by atoms with Crippen LogP contribution in [-0.2, 0) is 11.3 Å². The predicted molar refractivity (Wildman–Crippen MR) is 94.8 cm³/mol. The van der Waals surface area contributed by atoms with Crippen molar-refractivity contribution in [3.63, 3.8) is 0 Å². The van der Waals surface area contributed by atoms with Gasteiger partial charge in [0, 0.05) is 29.8 Å². The van der Waals surface area contributed by atoms with Gasteiger partial charge in [-0.15, -0.1) is 0 Å². The van der Waals surface area contributed by atoms with Crippen LogP contribution in [0.25, 0.3) is 0 Å². The van der Waals surface area contributed by atoms with E-state index in [2.05, 4.69) is 15.3 Å². The van der Waals surface area contributed by atoms with E-state index >= 15 is 0 Å². The summed E-state index contributed by atoms with van der Waals surface area (Å²) in [5.41, 5.74) is 2.17. The summed E-state index contributed by atoms with van der Waals surface area (Å²) in [6.07, 6.45) is 3.77. The molecule has 1 atom stereocenters. The molecule has 122 valence electrons. The molecule has 0 aliphatic heterocycles. The minimum Gasteiger partial charge on any atom is -0.349 e. The standard InChI is InChI=1S/C19H18ClN3O/c20-16-8-6-15(7-9-16)17(14-4-2-1-3-5-14)12-19(24)23-13-18-21-10-11-22-18/h1-11,17H,12-13H2,(H,21,22)(H,23,24)/t17-/m1/s1. The number of carbonyl (C=O) groups is 1. The van der Waals surface area contributed by atoms with Gasteiger partial charge in [-0.2, -0.15) is 0 Å². The highest BCUT2D eigenvalue weighted by atomic mass is 35.5. The molecule has 2 N–H and O–H groups in total. The Balaban J connectivity index is 1.74. The van der Waals surface area contributed by atoms with Crippen molar-refractivity contribution in [1.29, 1.82) is 0 Å². The Hall–Kier alpha value is -2.59. The van der Waals surface area contributed by atoms with Gasteiger partial charge >= 0.3 is 0 Å². The third-order valence-corrected chi connectivity index (χ3v) is 4.12. The van der Waals surface area contributed by atoms with Crippen molar-refractivity contribution in [3.05, 3.63) is 89.0 Å². The van der Waals surface area contributed by atoms with Crippen molar-refractivity contribution in [2.24, 2.45) is 0 Å². The van der Waals surface area contributed by atoms with Crippen LogP contribution in [0.2, 0.25) is 5.02 Å². The number of carbonyl (C=O) groups excluding carboxylic acids is 1. The molecule has 0 bridgehead atoms. The quantitative estimate of drug-likeness (QED) is 0.715. The second kappa shape index (κ2) is 7.79. The van der Waals surface area contributed by atoms with E-state index in [0.717, 1.165) is 17.0 Å². The highest BCUT2D eigenvalue weighted by Gasteiger charge is 2.18. The van der Waals surface area contributed by atoms with Gasteiger partial charge in [-0.05, 0) is 23.3 Å². The molecule has 0 saturated heterocycles. The molecule has 2 aromatic carbocycles. The van der Waals surface area contributed by atoms with Crippen LogP contribution >= 0.6 is 11.6 Å². The maximum atomic E-state index is 12.4. The molecule has 1 amide bonds. The third kappa shape index (κ3) is 4.24. The number of aromatic amines is 1. The van der Waals surface area contributed by atoms with Crippen LogP contribution in [0.5, 0.6) is 0 Å². The van der Waals surface area contributed by atoms with Gasteiger partial charge in [0.1, 0.15) is 5.82 Å². The molecule has 0 fully saturated rings. The van der Waals surface area contributed by atoms with E-state index in [4.69, 9.17) is 11.6 Å². The minimum atomic E-state index is -0.0183. The van der Waals surface area contributed by atoms with Gasteiger partial charge in [0.05, 0.1) is 6.54 Å². The lowest BCUT2D eigenvalue weighted by atomic mass is 9.88. The fourth-order valence-corrected chi connectivity index (χ4v) is 2.77. The Morgan fingerprint density at radius 1 is 1.08 bits per heavy atom.